The van der Waals surface area contributed by atoms with Gasteiger partial charge in [-0.2, -0.15) is 0 Å². The van der Waals surface area contributed by atoms with Crippen LogP contribution in [-0.2, 0) is 4.79 Å². The third kappa shape index (κ3) is 2.76. The van der Waals surface area contributed by atoms with Crippen molar-refractivity contribution in [3.63, 3.8) is 0 Å². The molecule has 0 saturated heterocycles. The van der Waals surface area contributed by atoms with Crippen LogP contribution in [0, 0.1) is 56.7 Å². The lowest BCUT2D eigenvalue weighted by atomic mass is 9.32. The molecule has 11 atom stereocenters. The van der Waals surface area contributed by atoms with Crippen LogP contribution in [0.25, 0.3) is 0 Å². The Morgan fingerprint density at radius 3 is 2.24 bits per heavy atom. The number of rotatable bonds is 3. The number of carboxylic acid groups (broad SMARTS) is 1. The predicted octanol–water partition coefficient (Wildman–Crippen LogP) is 6.06. The van der Waals surface area contributed by atoms with Gasteiger partial charge in [-0.25, -0.2) is 0 Å². The molecule has 3 N–H and O–H groups in total. The lowest BCUT2D eigenvalue weighted by molar-refractivity contribution is -0.258. The van der Waals surface area contributed by atoms with E-state index >= 15 is 0 Å². The number of aliphatic carboxylic acids is 1. The standard InChI is InChI=1S/C30H48O4/c1-18(2)19-9-12-26(3)15-16-30(25(33)34)20(24(19)26)7-8-22-27(4)13-11-23(32)28(5,17-31)21(27)10-14-29(22,30)6/h19-24,31-32H,1,7-17H2,2-6H3,(H,33,34)/t19?,20?,21?,22?,23-,24?,26+,27-,28-,29+,30+/m0/s1. The topological polar surface area (TPSA) is 77.8 Å². The number of fused-ring (bicyclic) bond motifs is 7. The van der Waals surface area contributed by atoms with Crippen LogP contribution >= 0.6 is 0 Å². The minimum atomic E-state index is -0.683. The highest BCUT2D eigenvalue weighted by molar-refractivity contribution is 5.77. The van der Waals surface area contributed by atoms with Crippen molar-refractivity contribution in [3.05, 3.63) is 12.2 Å². The normalized spacial score (nSPS) is 56.6. The summed E-state index contributed by atoms with van der Waals surface area (Å²) >= 11 is 0. The molecule has 5 unspecified atom stereocenters. The van der Waals surface area contributed by atoms with Gasteiger partial charge in [0.1, 0.15) is 0 Å². The Bertz CT molecular complexity index is 883. The zero-order valence-corrected chi connectivity index (χ0v) is 22.2. The Morgan fingerprint density at radius 1 is 0.912 bits per heavy atom. The maximum Gasteiger partial charge on any atom is 0.310 e. The minimum Gasteiger partial charge on any atom is -0.481 e. The van der Waals surface area contributed by atoms with E-state index in [0.29, 0.717) is 24.2 Å². The van der Waals surface area contributed by atoms with Gasteiger partial charge in [0.15, 0.2) is 0 Å². The Hall–Kier alpha value is -0.870. The maximum atomic E-state index is 13.5. The van der Waals surface area contributed by atoms with Crippen LogP contribution in [-0.4, -0.2) is 34.0 Å². The van der Waals surface area contributed by atoms with Crippen LogP contribution in [0.2, 0.25) is 0 Å². The molecule has 0 aromatic rings. The Morgan fingerprint density at radius 2 is 1.62 bits per heavy atom. The van der Waals surface area contributed by atoms with Crippen molar-refractivity contribution in [2.75, 3.05) is 6.61 Å². The number of carbonyl (C=O) groups is 1. The lowest BCUT2D eigenvalue weighted by Gasteiger charge is -2.72. The number of hydrogen-bond donors (Lipinski definition) is 3. The lowest BCUT2D eigenvalue weighted by Crippen LogP contribution is -2.69. The minimum absolute atomic E-state index is 0.00523. The average molecular weight is 473 g/mol. The summed E-state index contributed by atoms with van der Waals surface area (Å²) in [5.74, 6) is 1.09. The van der Waals surface area contributed by atoms with Crippen LogP contribution in [0.3, 0.4) is 0 Å². The molecular formula is C30H48O4. The van der Waals surface area contributed by atoms with Crippen LogP contribution in [0.4, 0.5) is 0 Å². The molecule has 0 spiro atoms. The molecule has 192 valence electrons. The molecule has 0 aliphatic heterocycles. The Labute approximate surface area is 206 Å². The first-order valence-corrected chi connectivity index (χ1v) is 14.0. The van der Waals surface area contributed by atoms with E-state index in [1.165, 1.54) is 12.0 Å². The summed E-state index contributed by atoms with van der Waals surface area (Å²) < 4.78 is 0. The largest absolute Gasteiger partial charge is 0.481 e. The van der Waals surface area contributed by atoms with E-state index in [1.54, 1.807) is 0 Å². The van der Waals surface area contributed by atoms with Gasteiger partial charge in [0.2, 0.25) is 0 Å². The first kappa shape index (κ1) is 24.8. The van der Waals surface area contributed by atoms with Gasteiger partial charge in [-0.1, -0.05) is 39.8 Å². The molecule has 5 saturated carbocycles. The predicted molar refractivity (Wildman–Crippen MR) is 134 cm³/mol. The smallest absolute Gasteiger partial charge is 0.310 e. The van der Waals surface area contributed by atoms with E-state index in [-0.39, 0.29) is 34.7 Å². The second kappa shape index (κ2) is 7.57. The van der Waals surface area contributed by atoms with Crippen LogP contribution < -0.4 is 0 Å². The van der Waals surface area contributed by atoms with Crippen molar-refractivity contribution in [2.24, 2.45) is 56.7 Å². The summed E-state index contributed by atoms with van der Waals surface area (Å²) in [6.45, 7) is 15.8. The number of carboxylic acids is 1. The van der Waals surface area contributed by atoms with Gasteiger partial charge in [0.25, 0.3) is 0 Å². The number of hydrogen-bond acceptors (Lipinski definition) is 3. The second-order valence-corrected chi connectivity index (χ2v) is 14.4. The molecule has 0 bridgehead atoms. The molecule has 5 aliphatic carbocycles. The first-order chi connectivity index (χ1) is 15.8. The second-order valence-electron chi connectivity index (χ2n) is 14.4. The number of allylic oxidation sites excluding steroid dienone is 1. The third-order valence-electron chi connectivity index (χ3n) is 13.4. The van der Waals surface area contributed by atoms with Crippen molar-refractivity contribution in [3.8, 4) is 0 Å². The van der Waals surface area contributed by atoms with E-state index in [2.05, 4.69) is 41.2 Å². The van der Waals surface area contributed by atoms with Crippen molar-refractivity contribution < 1.29 is 20.1 Å². The molecule has 5 fully saturated rings. The fraction of sp³-hybridized carbons (Fsp3) is 0.900. The first-order valence-electron chi connectivity index (χ1n) is 14.0. The molecule has 0 aromatic carbocycles. The molecule has 34 heavy (non-hydrogen) atoms. The highest BCUT2D eigenvalue weighted by atomic mass is 16.4. The molecule has 0 heterocycles. The van der Waals surface area contributed by atoms with Gasteiger partial charge < -0.3 is 15.3 Å². The highest BCUT2D eigenvalue weighted by Crippen LogP contribution is 2.77. The van der Waals surface area contributed by atoms with Crippen molar-refractivity contribution in [1.82, 2.24) is 0 Å². The monoisotopic (exact) mass is 472 g/mol. The maximum absolute atomic E-state index is 13.5. The molecule has 4 heteroatoms. The van der Waals surface area contributed by atoms with Crippen molar-refractivity contribution in [2.45, 2.75) is 105 Å². The highest BCUT2D eigenvalue weighted by Gasteiger charge is 2.74. The van der Waals surface area contributed by atoms with Gasteiger partial charge in [0, 0.05) is 5.41 Å². The number of aliphatic hydroxyl groups is 2. The SMILES string of the molecule is C=C(C)C1CC[C@]2(C)CC[C@]3(C(=O)O)C(CCC4[C@@]5(C)CC[C@H](O)[C@@](C)(CO)C5CC[C@]43C)C12. The molecular weight excluding hydrogens is 424 g/mol. The van der Waals surface area contributed by atoms with Gasteiger partial charge in [0.05, 0.1) is 18.1 Å². The zero-order chi connectivity index (χ0) is 24.9. The Balaban J connectivity index is 1.61. The summed E-state index contributed by atoms with van der Waals surface area (Å²) in [4.78, 5) is 13.5. The summed E-state index contributed by atoms with van der Waals surface area (Å²) in [6, 6.07) is 0. The van der Waals surface area contributed by atoms with E-state index in [4.69, 9.17) is 0 Å². The van der Waals surface area contributed by atoms with Crippen molar-refractivity contribution in [1.29, 1.82) is 0 Å². The van der Waals surface area contributed by atoms with E-state index in [1.807, 2.05) is 0 Å². The molecule has 0 aromatic heterocycles. The molecule has 4 nitrogen and oxygen atoms in total. The van der Waals surface area contributed by atoms with Crippen LogP contribution in [0.1, 0.15) is 98.8 Å². The van der Waals surface area contributed by atoms with Gasteiger partial charge in [-0.15, -0.1) is 0 Å². The summed E-state index contributed by atoms with van der Waals surface area (Å²) in [5, 5.41) is 32.5. The molecule has 5 rings (SSSR count). The molecule has 0 amide bonds. The average Bonchev–Trinajstić information content (AvgIpc) is 3.14. The quantitative estimate of drug-likeness (QED) is 0.436. The third-order valence-corrected chi connectivity index (χ3v) is 13.4. The molecule has 0 radical (unpaired) electrons. The van der Waals surface area contributed by atoms with E-state index in [0.717, 1.165) is 51.4 Å². The van der Waals surface area contributed by atoms with Crippen LogP contribution in [0.5, 0.6) is 0 Å². The number of aliphatic hydroxyl groups excluding tert-OH is 2. The Kier molecular flexibility index (Phi) is 5.52. The van der Waals surface area contributed by atoms with E-state index in [9.17, 15) is 20.1 Å². The van der Waals surface area contributed by atoms with Gasteiger partial charge in [-0.05, 0) is 117 Å². The summed E-state index contributed by atoms with van der Waals surface area (Å²) in [5.41, 5.74) is 0.0113. The van der Waals surface area contributed by atoms with Gasteiger partial charge >= 0.3 is 5.97 Å². The van der Waals surface area contributed by atoms with Crippen LogP contribution in [0.15, 0.2) is 12.2 Å². The fourth-order valence-electron chi connectivity index (χ4n) is 11.7. The van der Waals surface area contributed by atoms with E-state index < -0.39 is 22.9 Å². The summed E-state index contributed by atoms with van der Waals surface area (Å²) in [7, 11) is 0. The zero-order valence-electron chi connectivity index (χ0n) is 22.2. The molecule has 5 aliphatic rings. The van der Waals surface area contributed by atoms with Crippen molar-refractivity contribution >= 4 is 5.97 Å². The fourth-order valence-corrected chi connectivity index (χ4v) is 11.7. The summed E-state index contributed by atoms with van der Waals surface area (Å²) in [6.07, 6.45) is 9.22. The van der Waals surface area contributed by atoms with Gasteiger partial charge in [-0.3, -0.25) is 4.79 Å².